The van der Waals surface area contributed by atoms with Crippen LogP contribution in [0.1, 0.15) is 17.3 Å². The number of hydrogen-bond donors (Lipinski definition) is 1. The molecule has 0 saturated carbocycles. The lowest BCUT2D eigenvalue weighted by Crippen LogP contribution is -2.01. The maximum Gasteiger partial charge on any atom is 0.213 e. The smallest absolute Gasteiger partial charge is 0.213 e. The summed E-state index contributed by atoms with van der Waals surface area (Å²) in [4.78, 5) is 12.0. The summed E-state index contributed by atoms with van der Waals surface area (Å²) in [5.41, 5.74) is 0.900. The van der Waals surface area contributed by atoms with Gasteiger partial charge in [0.1, 0.15) is 23.1 Å². The van der Waals surface area contributed by atoms with Gasteiger partial charge in [-0.3, -0.25) is 0 Å². The van der Waals surface area contributed by atoms with Crippen LogP contribution in [0.3, 0.4) is 0 Å². The van der Waals surface area contributed by atoms with Crippen LogP contribution in [0.25, 0.3) is 0 Å². The summed E-state index contributed by atoms with van der Waals surface area (Å²) >= 11 is 5.73. The molecule has 0 saturated heterocycles. The predicted octanol–water partition coefficient (Wildman–Crippen LogP) is 2.35. The Hall–Kier alpha value is -1.62. The molecule has 0 aliphatic heterocycles. The normalized spacial score (nSPS) is 10.4. The van der Waals surface area contributed by atoms with Crippen molar-refractivity contribution >= 4 is 17.4 Å². The molecule has 0 aromatic carbocycles. The van der Waals surface area contributed by atoms with Gasteiger partial charge < -0.3 is 9.73 Å². The van der Waals surface area contributed by atoms with E-state index in [4.69, 9.17) is 16.0 Å². The number of oxazole rings is 1. The molecule has 0 bridgehead atoms. The predicted molar refractivity (Wildman–Crippen MR) is 60.3 cm³/mol. The molecule has 2 aromatic rings. The number of nitrogens with zero attached hydrogens (tertiary/aromatic N) is 3. The summed E-state index contributed by atoms with van der Waals surface area (Å²) in [6.45, 7) is 4.26. The molecule has 84 valence electrons. The number of nitrogens with one attached hydrogen (secondary N) is 1. The van der Waals surface area contributed by atoms with Gasteiger partial charge in [-0.2, -0.15) is 0 Å². The third-order valence-electron chi connectivity index (χ3n) is 2.13. The average Bonchev–Trinajstić information content (AvgIpc) is 2.56. The zero-order chi connectivity index (χ0) is 11.5. The van der Waals surface area contributed by atoms with Gasteiger partial charge in [0.25, 0.3) is 0 Å². The molecule has 16 heavy (non-hydrogen) atoms. The zero-order valence-corrected chi connectivity index (χ0v) is 9.75. The minimum atomic E-state index is 0.400. The molecule has 1 N–H and O–H groups in total. The van der Waals surface area contributed by atoms with Crippen LogP contribution in [0.5, 0.6) is 0 Å². The summed E-state index contributed by atoms with van der Waals surface area (Å²) in [7, 11) is 0. The lowest BCUT2D eigenvalue weighted by atomic mass is 10.4. The Morgan fingerprint density at radius 1 is 1.38 bits per heavy atom. The second kappa shape index (κ2) is 4.49. The lowest BCUT2D eigenvalue weighted by molar-refractivity contribution is 0.478. The van der Waals surface area contributed by atoms with E-state index < -0.39 is 0 Å². The summed E-state index contributed by atoms with van der Waals surface area (Å²) in [6, 6.07) is 1.64. The van der Waals surface area contributed by atoms with Gasteiger partial charge in [0.05, 0.1) is 12.2 Å². The minimum absolute atomic E-state index is 0.400. The molecule has 0 aliphatic carbocycles. The van der Waals surface area contributed by atoms with Crippen LogP contribution in [0.4, 0.5) is 5.82 Å². The fourth-order valence-electron chi connectivity index (χ4n) is 1.21. The first-order valence-corrected chi connectivity index (χ1v) is 5.17. The molecule has 2 heterocycles. The molecule has 0 unspecified atom stereocenters. The van der Waals surface area contributed by atoms with E-state index in [1.165, 1.54) is 6.33 Å². The number of aromatic nitrogens is 3. The quantitative estimate of drug-likeness (QED) is 0.832. The molecule has 0 radical (unpaired) electrons. The van der Waals surface area contributed by atoms with E-state index in [-0.39, 0.29) is 0 Å². The van der Waals surface area contributed by atoms with Crippen molar-refractivity contribution in [2.45, 2.75) is 20.4 Å². The van der Waals surface area contributed by atoms with E-state index in [1.807, 2.05) is 13.8 Å². The number of rotatable bonds is 3. The van der Waals surface area contributed by atoms with Crippen LogP contribution < -0.4 is 5.32 Å². The average molecular weight is 239 g/mol. The van der Waals surface area contributed by atoms with Gasteiger partial charge in [-0.25, -0.2) is 15.0 Å². The number of hydrogen-bond acceptors (Lipinski definition) is 5. The first-order valence-electron chi connectivity index (χ1n) is 4.79. The van der Waals surface area contributed by atoms with Crippen LogP contribution in [-0.4, -0.2) is 15.0 Å². The Labute approximate surface area is 97.9 Å². The zero-order valence-electron chi connectivity index (χ0n) is 8.99. The summed E-state index contributed by atoms with van der Waals surface area (Å²) < 4.78 is 5.42. The molecule has 2 aromatic heterocycles. The van der Waals surface area contributed by atoms with Crippen molar-refractivity contribution in [1.29, 1.82) is 0 Å². The van der Waals surface area contributed by atoms with Gasteiger partial charge in [0.15, 0.2) is 0 Å². The summed E-state index contributed by atoms with van der Waals surface area (Å²) in [5, 5.41) is 3.45. The van der Waals surface area contributed by atoms with Gasteiger partial charge >= 0.3 is 0 Å². The molecule has 5 nitrogen and oxygen atoms in total. The summed E-state index contributed by atoms with van der Waals surface area (Å²) in [5.74, 6) is 2.11. The molecule has 0 amide bonds. The SMILES string of the molecule is Cc1nc(CNc2cc(Cl)ncn2)oc1C. The molecule has 2 rings (SSSR count). The first kappa shape index (κ1) is 10.9. The monoisotopic (exact) mass is 238 g/mol. The molecule has 6 heteroatoms. The van der Waals surface area contributed by atoms with Crippen LogP contribution in [-0.2, 0) is 6.54 Å². The van der Waals surface area contributed by atoms with Gasteiger partial charge in [0.2, 0.25) is 5.89 Å². The molecule has 0 fully saturated rings. The maximum absolute atomic E-state index is 5.73. The highest BCUT2D eigenvalue weighted by molar-refractivity contribution is 6.29. The Balaban J connectivity index is 2.02. The van der Waals surface area contributed by atoms with Crippen LogP contribution in [0, 0.1) is 13.8 Å². The summed E-state index contributed by atoms with van der Waals surface area (Å²) in [6.07, 6.45) is 1.40. The van der Waals surface area contributed by atoms with Crippen LogP contribution in [0.15, 0.2) is 16.8 Å². The van der Waals surface area contributed by atoms with Crippen LogP contribution >= 0.6 is 11.6 Å². The van der Waals surface area contributed by atoms with Crippen molar-refractivity contribution in [2.24, 2.45) is 0 Å². The maximum atomic E-state index is 5.73. The van der Waals surface area contributed by atoms with E-state index in [2.05, 4.69) is 20.3 Å². The third kappa shape index (κ3) is 2.49. The Morgan fingerprint density at radius 2 is 2.19 bits per heavy atom. The van der Waals surface area contributed by atoms with Crippen LogP contribution in [0.2, 0.25) is 5.15 Å². The number of aryl methyl sites for hydroxylation is 2. The van der Waals surface area contributed by atoms with E-state index in [0.717, 1.165) is 11.5 Å². The van der Waals surface area contributed by atoms with Gasteiger partial charge in [-0.1, -0.05) is 11.6 Å². The highest BCUT2D eigenvalue weighted by Crippen LogP contribution is 2.12. The molecule has 0 atom stereocenters. The van der Waals surface area contributed by atoms with Gasteiger partial charge in [-0.05, 0) is 13.8 Å². The standard InChI is InChI=1S/C10H11ClN4O/c1-6-7(2)16-10(15-6)4-12-9-3-8(11)13-5-14-9/h3,5H,4H2,1-2H3,(H,12,13,14). The Morgan fingerprint density at radius 3 is 2.81 bits per heavy atom. The second-order valence-corrected chi connectivity index (χ2v) is 3.72. The highest BCUT2D eigenvalue weighted by Gasteiger charge is 2.05. The van der Waals surface area contributed by atoms with Crippen molar-refractivity contribution < 1.29 is 4.42 Å². The van der Waals surface area contributed by atoms with E-state index in [0.29, 0.717) is 23.4 Å². The Bertz CT molecular complexity index is 478. The highest BCUT2D eigenvalue weighted by atomic mass is 35.5. The van der Waals surface area contributed by atoms with Crippen molar-refractivity contribution in [2.75, 3.05) is 5.32 Å². The lowest BCUT2D eigenvalue weighted by Gasteiger charge is -2.01. The van der Waals surface area contributed by atoms with Crippen molar-refractivity contribution in [3.63, 3.8) is 0 Å². The fourth-order valence-corrected chi connectivity index (χ4v) is 1.36. The van der Waals surface area contributed by atoms with E-state index in [9.17, 15) is 0 Å². The molecular formula is C10H11ClN4O. The topological polar surface area (TPSA) is 63.8 Å². The van der Waals surface area contributed by atoms with E-state index >= 15 is 0 Å². The van der Waals surface area contributed by atoms with E-state index in [1.54, 1.807) is 6.07 Å². The molecule has 0 aliphatic rings. The largest absolute Gasteiger partial charge is 0.444 e. The van der Waals surface area contributed by atoms with Gasteiger partial charge in [-0.15, -0.1) is 0 Å². The third-order valence-corrected chi connectivity index (χ3v) is 2.33. The van der Waals surface area contributed by atoms with Gasteiger partial charge in [0, 0.05) is 6.07 Å². The molecule has 0 spiro atoms. The van der Waals surface area contributed by atoms with Crippen molar-refractivity contribution in [1.82, 2.24) is 15.0 Å². The molecular weight excluding hydrogens is 228 g/mol. The fraction of sp³-hybridized carbons (Fsp3) is 0.300. The number of anilines is 1. The first-order chi connectivity index (χ1) is 7.65. The Kier molecular flexibility index (Phi) is 3.05. The number of halogens is 1. The minimum Gasteiger partial charge on any atom is -0.444 e. The second-order valence-electron chi connectivity index (χ2n) is 3.33. The van der Waals surface area contributed by atoms with Crippen molar-refractivity contribution in [3.8, 4) is 0 Å². The van der Waals surface area contributed by atoms with Crippen molar-refractivity contribution in [3.05, 3.63) is 34.9 Å².